The van der Waals surface area contributed by atoms with Crippen LogP contribution in [0.25, 0.3) is 0 Å². The van der Waals surface area contributed by atoms with Crippen LogP contribution in [0.2, 0.25) is 0 Å². The summed E-state index contributed by atoms with van der Waals surface area (Å²) in [5.41, 5.74) is -0.240. The van der Waals surface area contributed by atoms with E-state index in [9.17, 15) is 31.5 Å². The highest BCUT2D eigenvalue weighted by atomic mass is 19.4. The number of halogens is 5. The summed E-state index contributed by atoms with van der Waals surface area (Å²) < 4.78 is 66.4. The summed E-state index contributed by atoms with van der Waals surface area (Å²) in [6.45, 7) is 0. The zero-order valence-corrected chi connectivity index (χ0v) is 10.6. The third-order valence-electron chi connectivity index (χ3n) is 2.38. The minimum Gasteiger partial charge on any atom is -0.467 e. The molecule has 1 N–H and O–H groups in total. The monoisotopic (exact) mass is 311 g/mol. The van der Waals surface area contributed by atoms with Crippen LogP contribution in [0.15, 0.2) is 18.2 Å². The van der Waals surface area contributed by atoms with Crippen molar-refractivity contribution in [3.63, 3.8) is 0 Å². The summed E-state index contributed by atoms with van der Waals surface area (Å²) >= 11 is 0. The number of alkyl halides is 3. The van der Waals surface area contributed by atoms with Crippen molar-refractivity contribution in [2.24, 2.45) is 0 Å². The highest BCUT2D eigenvalue weighted by Gasteiger charge is 2.33. The number of nitrogens with one attached hydrogen (secondary N) is 1. The number of benzene rings is 1. The number of esters is 1. The number of amides is 1. The van der Waals surface area contributed by atoms with Gasteiger partial charge in [-0.05, 0) is 17.7 Å². The number of methoxy groups -OCH3 is 1. The molecule has 1 rings (SSSR count). The van der Waals surface area contributed by atoms with Gasteiger partial charge in [-0.3, -0.25) is 4.79 Å². The molecule has 1 aromatic rings. The molecule has 21 heavy (non-hydrogen) atoms. The molecule has 1 atom stereocenters. The second kappa shape index (κ2) is 6.51. The Bertz CT molecular complexity index is 544. The van der Waals surface area contributed by atoms with E-state index < -0.39 is 42.1 Å². The molecule has 1 aromatic carbocycles. The van der Waals surface area contributed by atoms with E-state index >= 15 is 0 Å². The van der Waals surface area contributed by atoms with E-state index in [1.165, 1.54) is 0 Å². The summed E-state index contributed by atoms with van der Waals surface area (Å²) in [5, 5.41) is 1.76. The molecule has 0 aliphatic carbocycles. The topological polar surface area (TPSA) is 55.4 Å². The van der Waals surface area contributed by atoms with Crippen LogP contribution in [0.4, 0.5) is 22.0 Å². The van der Waals surface area contributed by atoms with Gasteiger partial charge in [0.15, 0.2) is 17.7 Å². The third-order valence-corrected chi connectivity index (χ3v) is 2.38. The first-order valence-electron chi connectivity index (χ1n) is 5.53. The van der Waals surface area contributed by atoms with E-state index in [2.05, 4.69) is 4.74 Å². The Morgan fingerprint density at radius 3 is 2.33 bits per heavy atom. The number of rotatable bonds is 4. The molecule has 0 saturated carbocycles. The van der Waals surface area contributed by atoms with Gasteiger partial charge in [0.1, 0.15) is 6.42 Å². The zero-order valence-electron chi connectivity index (χ0n) is 10.6. The number of ether oxygens (including phenoxy) is 1. The molecule has 0 bridgehead atoms. The maximum Gasteiger partial charge on any atom is 0.397 e. The minimum atomic E-state index is -4.77. The molecule has 0 radical (unpaired) electrons. The van der Waals surface area contributed by atoms with Crippen LogP contribution in [-0.2, 0) is 14.3 Å². The summed E-state index contributed by atoms with van der Waals surface area (Å²) in [6, 6.07) is 0.551. The summed E-state index contributed by atoms with van der Waals surface area (Å²) in [7, 11) is 0.936. The maximum atomic E-state index is 13.1. The van der Waals surface area contributed by atoms with Crippen LogP contribution in [0, 0.1) is 11.6 Å². The van der Waals surface area contributed by atoms with E-state index in [-0.39, 0.29) is 5.56 Å². The molecule has 4 nitrogen and oxygen atoms in total. The van der Waals surface area contributed by atoms with Gasteiger partial charge in [-0.1, -0.05) is 6.07 Å². The molecule has 0 aliphatic heterocycles. The van der Waals surface area contributed by atoms with Gasteiger partial charge in [-0.25, -0.2) is 13.6 Å². The fourth-order valence-corrected chi connectivity index (χ4v) is 1.48. The van der Waals surface area contributed by atoms with Crippen molar-refractivity contribution in [3.05, 3.63) is 35.4 Å². The van der Waals surface area contributed by atoms with E-state index in [0.717, 1.165) is 13.2 Å². The average Bonchev–Trinajstić information content (AvgIpc) is 2.36. The van der Waals surface area contributed by atoms with Crippen LogP contribution in [-0.4, -0.2) is 25.2 Å². The SMILES string of the molecule is COC(=O)C(NC(=O)CC(F)(F)F)c1ccc(F)c(F)c1. The van der Waals surface area contributed by atoms with E-state index in [0.29, 0.717) is 12.1 Å². The predicted molar refractivity (Wildman–Crippen MR) is 59.9 cm³/mol. The number of hydrogen-bond donors (Lipinski definition) is 1. The van der Waals surface area contributed by atoms with Crippen LogP contribution in [0.1, 0.15) is 18.0 Å². The fourth-order valence-electron chi connectivity index (χ4n) is 1.48. The molecule has 0 aliphatic rings. The lowest BCUT2D eigenvalue weighted by atomic mass is 10.1. The van der Waals surface area contributed by atoms with E-state index in [4.69, 9.17) is 0 Å². The summed E-state index contributed by atoms with van der Waals surface area (Å²) in [5.74, 6) is -5.13. The van der Waals surface area contributed by atoms with Gasteiger partial charge < -0.3 is 10.1 Å². The predicted octanol–water partition coefficient (Wildman–Crippen LogP) is 2.25. The molecule has 0 spiro atoms. The molecule has 0 aromatic heterocycles. The van der Waals surface area contributed by atoms with Gasteiger partial charge in [-0.15, -0.1) is 0 Å². The largest absolute Gasteiger partial charge is 0.467 e. The Balaban J connectivity index is 2.98. The molecule has 0 fully saturated rings. The second-order valence-corrected chi connectivity index (χ2v) is 3.99. The van der Waals surface area contributed by atoms with Gasteiger partial charge >= 0.3 is 12.1 Å². The molecule has 1 unspecified atom stereocenters. The standard InChI is InChI=1S/C12H10F5NO3/c1-21-11(20)10(18-9(19)5-12(15,16)17)6-2-3-7(13)8(14)4-6/h2-4,10H,5H2,1H3,(H,18,19). The molecular formula is C12H10F5NO3. The number of carbonyl (C=O) groups is 2. The second-order valence-electron chi connectivity index (χ2n) is 3.99. The van der Waals surface area contributed by atoms with Crippen LogP contribution >= 0.6 is 0 Å². The lowest BCUT2D eigenvalue weighted by molar-refractivity contribution is -0.157. The van der Waals surface area contributed by atoms with Gasteiger partial charge in [0.05, 0.1) is 7.11 Å². The summed E-state index contributed by atoms with van der Waals surface area (Å²) in [4.78, 5) is 22.7. The van der Waals surface area contributed by atoms with Crippen molar-refractivity contribution in [2.75, 3.05) is 7.11 Å². The molecular weight excluding hydrogens is 301 g/mol. The van der Waals surface area contributed by atoms with Gasteiger partial charge in [0.2, 0.25) is 5.91 Å². The first-order valence-corrected chi connectivity index (χ1v) is 5.53. The number of carbonyl (C=O) groups excluding carboxylic acids is 2. The Hall–Kier alpha value is -2.19. The van der Waals surface area contributed by atoms with Crippen molar-refractivity contribution in [3.8, 4) is 0 Å². The fraction of sp³-hybridized carbons (Fsp3) is 0.333. The molecule has 0 heterocycles. The van der Waals surface area contributed by atoms with Gasteiger partial charge in [0, 0.05) is 0 Å². The van der Waals surface area contributed by atoms with Crippen molar-refractivity contribution in [2.45, 2.75) is 18.6 Å². The zero-order chi connectivity index (χ0) is 16.2. The smallest absolute Gasteiger partial charge is 0.397 e. The minimum absolute atomic E-state index is 0.240. The highest BCUT2D eigenvalue weighted by molar-refractivity contribution is 5.85. The van der Waals surface area contributed by atoms with Crippen LogP contribution in [0.5, 0.6) is 0 Å². The Morgan fingerprint density at radius 1 is 1.24 bits per heavy atom. The van der Waals surface area contributed by atoms with Gasteiger partial charge in [-0.2, -0.15) is 13.2 Å². The Labute approximate surface area is 115 Å². The highest BCUT2D eigenvalue weighted by Crippen LogP contribution is 2.22. The first-order chi connectivity index (χ1) is 9.64. The molecule has 9 heteroatoms. The summed E-state index contributed by atoms with van der Waals surface area (Å²) in [6.07, 6.45) is -6.58. The molecule has 116 valence electrons. The average molecular weight is 311 g/mol. The first kappa shape index (κ1) is 16.9. The lowest BCUT2D eigenvalue weighted by Gasteiger charge is -2.17. The quantitative estimate of drug-likeness (QED) is 0.685. The van der Waals surface area contributed by atoms with E-state index in [1.807, 2.05) is 0 Å². The third kappa shape index (κ3) is 5.01. The molecule has 0 saturated heterocycles. The Kier molecular flexibility index (Phi) is 5.23. The van der Waals surface area contributed by atoms with E-state index in [1.54, 1.807) is 5.32 Å². The van der Waals surface area contributed by atoms with Crippen molar-refractivity contribution in [1.82, 2.24) is 5.32 Å². The lowest BCUT2D eigenvalue weighted by Crippen LogP contribution is -2.36. The van der Waals surface area contributed by atoms with Crippen LogP contribution in [0.3, 0.4) is 0 Å². The van der Waals surface area contributed by atoms with Crippen molar-refractivity contribution >= 4 is 11.9 Å². The number of hydrogen-bond acceptors (Lipinski definition) is 3. The molecule has 1 amide bonds. The normalized spacial score (nSPS) is 12.7. The van der Waals surface area contributed by atoms with Gasteiger partial charge in [0.25, 0.3) is 0 Å². The Morgan fingerprint density at radius 2 is 1.86 bits per heavy atom. The van der Waals surface area contributed by atoms with Crippen molar-refractivity contribution in [1.29, 1.82) is 0 Å². The maximum absolute atomic E-state index is 13.1. The van der Waals surface area contributed by atoms with Crippen LogP contribution < -0.4 is 5.32 Å². The van der Waals surface area contributed by atoms with Crippen molar-refractivity contribution < 1.29 is 36.3 Å².